The molecule has 2 saturated heterocycles. The maximum absolute atomic E-state index is 12.4. The highest BCUT2D eigenvalue weighted by atomic mass is 16.2. The highest BCUT2D eigenvalue weighted by Gasteiger charge is 2.30. The second-order valence-corrected chi connectivity index (χ2v) is 6.27. The van der Waals surface area contributed by atoms with Crippen molar-refractivity contribution < 1.29 is 4.79 Å². The van der Waals surface area contributed by atoms with E-state index in [0.717, 1.165) is 58.5 Å². The molecule has 2 amide bonds. The van der Waals surface area contributed by atoms with Crippen LogP contribution in [0.3, 0.4) is 0 Å². The molecule has 0 radical (unpaired) electrons. The number of likely N-dealkylation sites (N-methyl/N-ethyl adjacent to an activating group) is 1. The molecule has 0 bridgehead atoms. The minimum Gasteiger partial charge on any atom is -0.335 e. The number of amides is 2. The quantitative estimate of drug-likeness (QED) is 0.773. The number of likely N-dealkylation sites (tertiary alicyclic amines) is 2. The van der Waals surface area contributed by atoms with E-state index < -0.39 is 0 Å². The number of nitrogens with one attached hydrogen (secondary N) is 1. The van der Waals surface area contributed by atoms with Crippen molar-refractivity contribution in [1.29, 1.82) is 5.26 Å². The van der Waals surface area contributed by atoms with Crippen molar-refractivity contribution in [3.05, 3.63) is 0 Å². The van der Waals surface area contributed by atoms with Gasteiger partial charge in [-0.25, -0.2) is 4.79 Å². The summed E-state index contributed by atoms with van der Waals surface area (Å²) in [5.41, 5.74) is 0. The molecule has 0 aromatic rings. The summed E-state index contributed by atoms with van der Waals surface area (Å²) in [4.78, 5) is 18.9. The summed E-state index contributed by atoms with van der Waals surface area (Å²) in [5, 5.41) is 11.9. The first-order valence-corrected chi connectivity index (χ1v) is 8.56. The summed E-state index contributed by atoms with van der Waals surface area (Å²) >= 11 is 0. The predicted octanol–water partition coefficient (Wildman–Crippen LogP) is 1.10. The standard InChI is InChI=1S/C16H29N5O/c1-3-20(4-2)15-7-11-21(13-15)16(22)18-14-5-9-19(10-6-14)12-8-17/h14-15H,3-7,9-13H2,1-2H3,(H,18,22)/t15-/m1/s1. The number of rotatable bonds is 5. The molecule has 0 aromatic heterocycles. The third kappa shape index (κ3) is 4.34. The number of carbonyl (C=O) groups is 1. The zero-order valence-electron chi connectivity index (χ0n) is 13.9. The number of hydrogen-bond acceptors (Lipinski definition) is 4. The summed E-state index contributed by atoms with van der Waals surface area (Å²) in [6, 6.07) is 3.05. The Bertz CT molecular complexity index is 396. The zero-order chi connectivity index (χ0) is 15.9. The van der Waals surface area contributed by atoms with Crippen LogP contribution in [-0.2, 0) is 0 Å². The molecule has 0 saturated carbocycles. The Morgan fingerprint density at radius 3 is 2.50 bits per heavy atom. The molecular formula is C16H29N5O. The van der Waals surface area contributed by atoms with E-state index in [2.05, 4.69) is 35.0 Å². The molecule has 1 N–H and O–H groups in total. The van der Waals surface area contributed by atoms with Gasteiger partial charge < -0.3 is 10.2 Å². The normalized spacial score (nSPS) is 23.7. The van der Waals surface area contributed by atoms with E-state index in [4.69, 9.17) is 5.26 Å². The van der Waals surface area contributed by atoms with Crippen LogP contribution < -0.4 is 5.32 Å². The molecule has 2 aliphatic rings. The maximum Gasteiger partial charge on any atom is 0.317 e. The van der Waals surface area contributed by atoms with E-state index in [0.29, 0.717) is 12.6 Å². The molecule has 1 atom stereocenters. The molecule has 6 nitrogen and oxygen atoms in total. The number of nitriles is 1. The lowest BCUT2D eigenvalue weighted by molar-refractivity contribution is 0.177. The Balaban J connectivity index is 1.74. The third-order valence-electron chi connectivity index (χ3n) is 4.99. The number of carbonyl (C=O) groups excluding carboxylic acids is 1. The van der Waals surface area contributed by atoms with E-state index in [-0.39, 0.29) is 12.1 Å². The van der Waals surface area contributed by atoms with Gasteiger partial charge in [0.1, 0.15) is 0 Å². The Kier molecular flexibility index (Phi) is 6.47. The van der Waals surface area contributed by atoms with Gasteiger partial charge in [0, 0.05) is 38.3 Å². The molecule has 0 aromatic carbocycles. The molecular weight excluding hydrogens is 278 g/mol. The van der Waals surface area contributed by atoms with Gasteiger partial charge in [0.2, 0.25) is 0 Å². The summed E-state index contributed by atoms with van der Waals surface area (Å²) in [6.07, 6.45) is 2.97. The lowest BCUT2D eigenvalue weighted by Crippen LogP contribution is -2.49. The van der Waals surface area contributed by atoms with Crippen LogP contribution in [0, 0.1) is 11.3 Å². The van der Waals surface area contributed by atoms with Crippen LogP contribution >= 0.6 is 0 Å². The summed E-state index contributed by atoms with van der Waals surface area (Å²) < 4.78 is 0. The van der Waals surface area contributed by atoms with Crippen molar-refractivity contribution in [3.8, 4) is 6.07 Å². The first kappa shape index (κ1) is 17.0. The molecule has 0 aliphatic carbocycles. The number of piperidine rings is 1. The monoisotopic (exact) mass is 307 g/mol. The minimum absolute atomic E-state index is 0.0911. The third-order valence-corrected chi connectivity index (χ3v) is 4.99. The van der Waals surface area contributed by atoms with Gasteiger partial charge in [-0.15, -0.1) is 0 Å². The van der Waals surface area contributed by atoms with E-state index in [1.807, 2.05) is 4.90 Å². The van der Waals surface area contributed by atoms with Gasteiger partial charge in [0.15, 0.2) is 0 Å². The number of nitrogens with zero attached hydrogens (tertiary/aromatic N) is 4. The van der Waals surface area contributed by atoms with Crippen LogP contribution in [0.2, 0.25) is 0 Å². The van der Waals surface area contributed by atoms with Crippen LogP contribution in [0.4, 0.5) is 4.79 Å². The van der Waals surface area contributed by atoms with E-state index in [9.17, 15) is 4.79 Å². The highest BCUT2D eigenvalue weighted by molar-refractivity contribution is 5.74. The fourth-order valence-electron chi connectivity index (χ4n) is 3.57. The fraction of sp³-hybridized carbons (Fsp3) is 0.875. The molecule has 2 fully saturated rings. The SMILES string of the molecule is CCN(CC)[C@@H]1CCN(C(=O)NC2CCN(CC#N)CC2)C1. The van der Waals surface area contributed by atoms with Crippen molar-refractivity contribution in [2.75, 3.05) is 45.8 Å². The van der Waals surface area contributed by atoms with Crippen molar-refractivity contribution in [1.82, 2.24) is 20.0 Å². The van der Waals surface area contributed by atoms with Crippen LogP contribution in [0.15, 0.2) is 0 Å². The van der Waals surface area contributed by atoms with E-state index in [1.54, 1.807) is 0 Å². The average Bonchev–Trinajstić information content (AvgIpc) is 3.01. The summed E-state index contributed by atoms with van der Waals surface area (Å²) in [6.45, 7) is 10.5. The fourth-order valence-corrected chi connectivity index (χ4v) is 3.57. The van der Waals surface area contributed by atoms with Gasteiger partial charge >= 0.3 is 6.03 Å². The maximum atomic E-state index is 12.4. The van der Waals surface area contributed by atoms with Crippen molar-refractivity contribution in [2.45, 2.75) is 45.2 Å². The highest BCUT2D eigenvalue weighted by Crippen LogP contribution is 2.16. The average molecular weight is 307 g/mol. The smallest absolute Gasteiger partial charge is 0.317 e. The molecule has 124 valence electrons. The molecule has 0 spiro atoms. The van der Waals surface area contributed by atoms with Crippen LogP contribution in [-0.4, -0.2) is 78.6 Å². The topological polar surface area (TPSA) is 62.6 Å². The molecule has 0 unspecified atom stereocenters. The van der Waals surface area contributed by atoms with Gasteiger partial charge in [-0.3, -0.25) is 9.80 Å². The number of hydrogen-bond donors (Lipinski definition) is 1. The van der Waals surface area contributed by atoms with Gasteiger partial charge in [-0.2, -0.15) is 5.26 Å². The zero-order valence-corrected chi connectivity index (χ0v) is 13.9. The van der Waals surface area contributed by atoms with E-state index in [1.165, 1.54) is 0 Å². The largest absolute Gasteiger partial charge is 0.335 e. The predicted molar refractivity (Wildman–Crippen MR) is 86.5 cm³/mol. The second-order valence-electron chi connectivity index (χ2n) is 6.27. The van der Waals surface area contributed by atoms with Gasteiger partial charge in [0.25, 0.3) is 0 Å². The summed E-state index contributed by atoms with van der Waals surface area (Å²) in [5.74, 6) is 0. The molecule has 2 aliphatic heterocycles. The van der Waals surface area contributed by atoms with E-state index >= 15 is 0 Å². The summed E-state index contributed by atoms with van der Waals surface area (Å²) in [7, 11) is 0. The van der Waals surface area contributed by atoms with Crippen LogP contribution in [0.25, 0.3) is 0 Å². The van der Waals surface area contributed by atoms with Gasteiger partial charge in [0.05, 0.1) is 12.6 Å². The molecule has 2 rings (SSSR count). The van der Waals surface area contributed by atoms with Gasteiger partial charge in [-0.1, -0.05) is 13.8 Å². The molecule has 6 heteroatoms. The van der Waals surface area contributed by atoms with Gasteiger partial charge in [-0.05, 0) is 32.4 Å². The Labute approximate surface area is 134 Å². The first-order valence-electron chi connectivity index (χ1n) is 8.56. The van der Waals surface area contributed by atoms with Crippen molar-refractivity contribution >= 4 is 6.03 Å². The lowest BCUT2D eigenvalue weighted by atomic mass is 10.1. The Morgan fingerprint density at radius 1 is 1.23 bits per heavy atom. The van der Waals surface area contributed by atoms with Crippen molar-refractivity contribution in [3.63, 3.8) is 0 Å². The molecule has 22 heavy (non-hydrogen) atoms. The number of urea groups is 1. The Hall–Kier alpha value is -1.32. The first-order chi connectivity index (χ1) is 10.7. The lowest BCUT2D eigenvalue weighted by Gasteiger charge is -2.32. The van der Waals surface area contributed by atoms with Crippen LogP contribution in [0.1, 0.15) is 33.1 Å². The Morgan fingerprint density at radius 2 is 1.91 bits per heavy atom. The van der Waals surface area contributed by atoms with Crippen LogP contribution in [0.5, 0.6) is 0 Å². The second kappa shape index (κ2) is 8.35. The van der Waals surface area contributed by atoms with Crippen molar-refractivity contribution in [2.24, 2.45) is 0 Å². The minimum atomic E-state index is 0.0911. The molecule has 2 heterocycles.